The molecule has 0 amide bonds. The van der Waals surface area contributed by atoms with Crippen LogP contribution in [0.2, 0.25) is 0 Å². The number of aliphatic carboxylic acids is 2. The van der Waals surface area contributed by atoms with E-state index in [0.29, 0.717) is 0 Å². The lowest BCUT2D eigenvalue weighted by Gasteiger charge is -2.34. The Kier molecular flexibility index (Phi) is 9.34. The van der Waals surface area contributed by atoms with Gasteiger partial charge in [-0.2, -0.15) is 0 Å². The fraction of sp³-hybridized carbons (Fsp3) is 0.391. The maximum atomic E-state index is 9.10. The molecule has 0 unspecified atom stereocenters. The summed E-state index contributed by atoms with van der Waals surface area (Å²) in [5, 5.41) is 14.8. The van der Waals surface area contributed by atoms with E-state index >= 15 is 0 Å². The Morgan fingerprint density at radius 2 is 1.41 bits per heavy atom. The second-order valence-electron chi connectivity index (χ2n) is 7.31. The molecule has 0 bridgehead atoms. The fourth-order valence-corrected chi connectivity index (χ4v) is 3.39. The second-order valence-corrected chi connectivity index (χ2v) is 7.31. The molecule has 0 saturated carbocycles. The molecule has 156 valence electrons. The molecule has 1 heterocycles. The molecule has 0 spiro atoms. The van der Waals surface area contributed by atoms with Gasteiger partial charge in [0.2, 0.25) is 0 Å². The molecule has 2 aromatic carbocycles. The summed E-state index contributed by atoms with van der Waals surface area (Å²) in [7, 11) is 0. The third kappa shape index (κ3) is 8.89. The average molecular weight is 399 g/mol. The number of nitrogens with zero attached hydrogens (tertiary/aromatic N) is 2. The predicted octanol–water partition coefficient (Wildman–Crippen LogP) is 2.90. The summed E-state index contributed by atoms with van der Waals surface area (Å²) in [6, 6.07) is 19.7. The molecule has 6 nitrogen and oxygen atoms in total. The van der Waals surface area contributed by atoms with Crippen molar-refractivity contribution in [3.8, 4) is 0 Å². The Labute approximate surface area is 172 Å². The summed E-state index contributed by atoms with van der Waals surface area (Å²) in [4.78, 5) is 23.4. The quantitative estimate of drug-likeness (QED) is 0.729. The van der Waals surface area contributed by atoms with Gasteiger partial charge in [0.1, 0.15) is 0 Å². The van der Waals surface area contributed by atoms with Gasteiger partial charge in [0.05, 0.1) is 0 Å². The van der Waals surface area contributed by atoms with Crippen molar-refractivity contribution >= 4 is 11.9 Å². The smallest absolute Gasteiger partial charge is 0.414 e. The summed E-state index contributed by atoms with van der Waals surface area (Å²) < 4.78 is 0. The van der Waals surface area contributed by atoms with Crippen molar-refractivity contribution in [2.45, 2.75) is 26.3 Å². The number of rotatable bonds is 6. The van der Waals surface area contributed by atoms with Gasteiger partial charge in [0, 0.05) is 32.7 Å². The highest BCUT2D eigenvalue weighted by atomic mass is 16.4. The summed E-state index contributed by atoms with van der Waals surface area (Å²) >= 11 is 0. The number of hydrogen-bond donors (Lipinski definition) is 2. The van der Waals surface area contributed by atoms with Crippen molar-refractivity contribution in [1.29, 1.82) is 0 Å². The molecule has 0 atom stereocenters. The van der Waals surface area contributed by atoms with E-state index in [1.165, 1.54) is 62.3 Å². The molecule has 1 saturated heterocycles. The van der Waals surface area contributed by atoms with Crippen molar-refractivity contribution < 1.29 is 19.8 Å². The van der Waals surface area contributed by atoms with Crippen LogP contribution in [0.5, 0.6) is 0 Å². The lowest BCUT2D eigenvalue weighted by Crippen LogP contribution is -2.46. The standard InChI is InChI=1S/C21H28N2.C2H2O4/c1-19-7-5-10-21(17-19)18-23-15-13-22(14-16-23)12-6-11-20-8-3-2-4-9-20;3-1(4)2(5)6/h2-5,7-10,17H,6,11-16,18H2,1H3;(H,3,4)(H,5,6). The highest BCUT2D eigenvalue weighted by molar-refractivity contribution is 6.27. The first-order valence-corrected chi connectivity index (χ1v) is 9.94. The lowest BCUT2D eigenvalue weighted by molar-refractivity contribution is -0.159. The van der Waals surface area contributed by atoms with Crippen molar-refractivity contribution in [3.05, 3.63) is 71.3 Å². The highest BCUT2D eigenvalue weighted by Gasteiger charge is 2.16. The van der Waals surface area contributed by atoms with Crippen LogP contribution in [0.1, 0.15) is 23.1 Å². The molecular weight excluding hydrogens is 368 g/mol. The fourth-order valence-electron chi connectivity index (χ4n) is 3.39. The van der Waals surface area contributed by atoms with Crippen molar-refractivity contribution in [3.63, 3.8) is 0 Å². The predicted molar refractivity (Wildman–Crippen MR) is 113 cm³/mol. The number of carbonyl (C=O) groups is 2. The Morgan fingerprint density at radius 3 is 2.00 bits per heavy atom. The summed E-state index contributed by atoms with van der Waals surface area (Å²) in [5.41, 5.74) is 4.27. The Morgan fingerprint density at radius 1 is 0.828 bits per heavy atom. The van der Waals surface area contributed by atoms with E-state index in [0.717, 1.165) is 6.54 Å². The summed E-state index contributed by atoms with van der Waals surface area (Å²) in [6.45, 7) is 9.31. The zero-order valence-corrected chi connectivity index (χ0v) is 17.0. The first-order chi connectivity index (χ1) is 13.9. The van der Waals surface area contributed by atoms with Crippen molar-refractivity contribution in [1.82, 2.24) is 9.80 Å². The molecule has 0 aromatic heterocycles. The number of carboxylic acid groups (broad SMARTS) is 2. The topological polar surface area (TPSA) is 81.1 Å². The van der Waals surface area contributed by atoms with E-state index in [2.05, 4.69) is 71.3 Å². The first kappa shape index (κ1) is 22.6. The molecular formula is C23H30N2O4. The van der Waals surface area contributed by atoms with Crippen LogP contribution in [-0.4, -0.2) is 64.7 Å². The van der Waals surface area contributed by atoms with Gasteiger partial charge in [-0.15, -0.1) is 0 Å². The first-order valence-electron chi connectivity index (χ1n) is 9.94. The van der Waals surface area contributed by atoms with E-state index < -0.39 is 11.9 Å². The number of benzene rings is 2. The zero-order chi connectivity index (χ0) is 21.1. The normalized spacial score (nSPS) is 14.7. The van der Waals surface area contributed by atoms with Crippen LogP contribution in [0, 0.1) is 6.92 Å². The zero-order valence-electron chi connectivity index (χ0n) is 17.0. The molecule has 3 rings (SSSR count). The maximum Gasteiger partial charge on any atom is 0.414 e. The average Bonchev–Trinajstić information content (AvgIpc) is 2.71. The SMILES string of the molecule is Cc1cccc(CN2CCN(CCCc3ccccc3)CC2)c1.O=C(O)C(=O)O. The molecule has 0 radical (unpaired) electrons. The Hall–Kier alpha value is -2.70. The van der Waals surface area contributed by atoms with E-state index in [1.807, 2.05) is 0 Å². The van der Waals surface area contributed by atoms with Gasteiger partial charge in [0.25, 0.3) is 0 Å². The van der Waals surface area contributed by atoms with E-state index in [-0.39, 0.29) is 0 Å². The van der Waals surface area contributed by atoms with Crippen molar-refractivity contribution in [2.75, 3.05) is 32.7 Å². The third-order valence-electron chi connectivity index (χ3n) is 4.92. The largest absolute Gasteiger partial charge is 0.473 e. The van der Waals surface area contributed by atoms with Gasteiger partial charge in [-0.3, -0.25) is 4.90 Å². The van der Waals surface area contributed by atoms with Gasteiger partial charge >= 0.3 is 11.9 Å². The summed E-state index contributed by atoms with van der Waals surface area (Å²) in [5.74, 6) is -3.65. The van der Waals surface area contributed by atoms with Crippen LogP contribution in [0.25, 0.3) is 0 Å². The second kappa shape index (κ2) is 12.0. The van der Waals surface area contributed by atoms with Gasteiger partial charge in [-0.05, 0) is 37.4 Å². The van der Waals surface area contributed by atoms with E-state index in [4.69, 9.17) is 19.8 Å². The van der Waals surface area contributed by atoms with Crippen LogP contribution < -0.4 is 0 Å². The molecule has 2 N–H and O–H groups in total. The number of aryl methyl sites for hydroxylation is 2. The number of carboxylic acids is 2. The molecule has 1 aliphatic rings. The van der Waals surface area contributed by atoms with Crippen LogP contribution >= 0.6 is 0 Å². The molecule has 6 heteroatoms. The van der Waals surface area contributed by atoms with Gasteiger partial charge in [-0.25, -0.2) is 9.59 Å². The van der Waals surface area contributed by atoms with Gasteiger partial charge < -0.3 is 15.1 Å². The van der Waals surface area contributed by atoms with Crippen LogP contribution in [0.3, 0.4) is 0 Å². The van der Waals surface area contributed by atoms with E-state index in [9.17, 15) is 0 Å². The van der Waals surface area contributed by atoms with Crippen LogP contribution in [0.15, 0.2) is 54.6 Å². The molecule has 0 aliphatic carbocycles. The molecule has 29 heavy (non-hydrogen) atoms. The number of hydrogen-bond acceptors (Lipinski definition) is 4. The third-order valence-corrected chi connectivity index (χ3v) is 4.92. The monoisotopic (exact) mass is 398 g/mol. The van der Waals surface area contributed by atoms with E-state index in [1.54, 1.807) is 0 Å². The van der Waals surface area contributed by atoms with Crippen LogP contribution in [-0.2, 0) is 22.6 Å². The Bertz CT molecular complexity index is 759. The molecule has 1 fully saturated rings. The van der Waals surface area contributed by atoms with Crippen molar-refractivity contribution in [2.24, 2.45) is 0 Å². The molecule has 1 aliphatic heterocycles. The molecule has 2 aromatic rings. The minimum Gasteiger partial charge on any atom is -0.473 e. The summed E-state index contributed by atoms with van der Waals surface area (Å²) in [6.07, 6.45) is 2.46. The number of piperazine rings is 1. The maximum absolute atomic E-state index is 9.10. The Balaban J connectivity index is 0.000000438. The minimum absolute atomic E-state index is 1.10. The van der Waals surface area contributed by atoms with Crippen LogP contribution in [0.4, 0.5) is 0 Å². The lowest BCUT2D eigenvalue weighted by atomic mass is 10.1. The highest BCUT2D eigenvalue weighted by Crippen LogP contribution is 2.11. The van der Waals surface area contributed by atoms with Gasteiger partial charge in [0.15, 0.2) is 0 Å². The van der Waals surface area contributed by atoms with Gasteiger partial charge in [-0.1, -0.05) is 60.2 Å². The minimum atomic E-state index is -1.82.